The summed E-state index contributed by atoms with van der Waals surface area (Å²) in [6.07, 6.45) is 3.79. The van der Waals surface area contributed by atoms with Gasteiger partial charge in [-0.05, 0) is 11.5 Å². The van der Waals surface area contributed by atoms with E-state index in [9.17, 15) is 0 Å². The highest BCUT2D eigenvalue weighted by atomic mass is 32.2. The zero-order valence-electron chi connectivity index (χ0n) is 12.2. The predicted molar refractivity (Wildman–Crippen MR) is 92.0 cm³/mol. The molecule has 108 valence electrons. The third-order valence-electron chi connectivity index (χ3n) is 3.80. The summed E-state index contributed by atoms with van der Waals surface area (Å²) in [6.45, 7) is 0. The van der Waals surface area contributed by atoms with E-state index < -0.39 is 0 Å². The molecule has 4 rings (SSSR count). The molecule has 0 spiro atoms. The summed E-state index contributed by atoms with van der Waals surface area (Å²) >= 11 is 1.72. The van der Waals surface area contributed by atoms with E-state index in [1.165, 1.54) is 16.2 Å². The summed E-state index contributed by atoms with van der Waals surface area (Å²) in [6, 6.07) is 16.8. The van der Waals surface area contributed by atoms with Gasteiger partial charge in [0.1, 0.15) is 0 Å². The van der Waals surface area contributed by atoms with Crippen molar-refractivity contribution in [2.24, 2.45) is 7.05 Å². The van der Waals surface area contributed by atoms with Gasteiger partial charge in [0.25, 0.3) is 0 Å². The van der Waals surface area contributed by atoms with Crippen molar-refractivity contribution in [1.82, 2.24) is 14.5 Å². The number of fused-ring (bicyclic) bond motifs is 3. The number of thioether (sulfide) groups is 1. The van der Waals surface area contributed by atoms with E-state index in [0.29, 0.717) is 0 Å². The third kappa shape index (κ3) is 2.25. The Morgan fingerprint density at radius 2 is 1.68 bits per heavy atom. The fourth-order valence-corrected chi connectivity index (χ4v) is 3.59. The number of hydrogen-bond donors (Lipinski definition) is 0. The maximum absolute atomic E-state index is 4.87. The summed E-state index contributed by atoms with van der Waals surface area (Å²) in [5.41, 5.74) is 2.17. The smallest absolute Gasteiger partial charge is 0.168 e. The second-order valence-corrected chi connectivity index (χ2v) is 6.17. The minimum absolute atomic E-state index is 0.816. The van der Waals surface area contributed by atoms with Crippen LogP contribution in [-0.4, -0.2) is 14.5 Å². The van der Waals surface area contributed by atoms with Gasteiger partial charge < -0.3 is 4.57 Å². The lowest BCUT2D eigenvalue weighted by Gasteiger charge is -2.09. The van der Waals surface area contributed by atoms with E-state index in [-0.39, 0.29) is 0 Å². The fourth-order valence-electron chi connectivity index (χ4n) is 2.71. The summed E-state index contributed by atoms with van der Waals surface area (Å²) in [5.74, 6) is 0.816. The van der Waals surface area contributed by atoms with Gasteiger partial charge in [0, 0.05) is 36.0 Å². The Morgan fingerprint density at radius 3 is 2.45 bits per heavy atom. The first-order valence-electron chi connectivity index (χ1n) is 7.19. The second-order valence-electron chi connectivity index (χ2n) is 5.23. The lowest BCUT2D eigenvalue weighted by Crippen LogP contribution is -1.94. The molecule has 0 aliphatic carbocycles. The van der Waals surface area contributed by atoms with Crippen LogP contribution in [0.25, 0.3) is 21.7 Å². The Bertz CT molecular complexity index is 959. The average Bonchev–Trinajstić information content (AvgIpc) is 2.98. The molecular weight excluding hydrogens is 290 g/mol. The zero-order valence-corrected chi connectivity index (χ0v) is 13.0. The predicted octanol–water partition coefficient (Wildman–Crippen LogP) is 4.41. The molecule has 0 unspecified atom stereocenters. The molecule has 22 heavy (non-hydrogen) atoms. The molecule has 0 aliphatic rings. The molecule has 0 aliphatic heterocycles. The number of pyridine rings is 1. The molecule has 0 saturated heterocycles. The van der Waals surface area contributed by atoms with Gasteiger partial charge in [-0.25, -0.2) is 4.98 Å². The van der Waals surface area contributed by atoms with Crippen LogP contribution < -0.4 is 0 Å². The lowest BCUT2D eigenvalue weighted by atomic mass is 10.0. The maximum Gasteiger partial charge on any atom is 0.168 e. The van der Waals surface area contributed by atoms with Gasteiger partial charge in [-0.3, -0.25) is 4.98 Å². The standard InChI is InChI=1S/C18H15N3S/c1-21-11-10-19-18(21)22-12-17-15-8-3-2-6-13(15)14-7-4-5-9-16(14)20-17/h2-11H,12H2,1H3. The number of nitrogens with zero attached hydrogens (tertiary/aromatic N) is 3. The molecular formula is C18H15N3S. The average molecular weight is 305 g/mol. The molecule has 4 aromatic rings. The largest absolute Gasteiger partial charge is 0.329 e. The number of aromatic nitrogens is 3. The first-order valence-corrected chi connectivity index (χ1v) is 8.18. The Morgan fingerprint density at radius 1 is 0.955 bits per heavy atom. The van der Waals surface area contributed by atoms with Crippen molar-refractivity contribution in [2.75, 3.05) is 0 Å². The van der Waals surface area contributed by atoms with E-state index in [4.69, 9.17) is 4.98 Å². The van der Waals surface area contributed by atoms with Crippen LogP contribution in [-0.2, 0) is 12.8 Å². The third-order valence-corrected chi connectivity index (χ3v) is 4.87. The summed E-state index contributed by atoms with van der Waals surface area (Å²) in [4.78, 5) is 9.25. The highest BCUT2D eigenvalue weighted by Gasteiger charge is 2.09. The van der Waals surface area contributed by atoms with Crippen molar-refractivity contribution >= 4 is 33.4 Å². The van der Waals surface area contributed by atoms with Crippen LogP contribution >= 0.6 is 11.8 Å². The van der Waals surface area contributed by atoms with Crippen molar-refractivity contribution in [3.8, 4) is 0 Å². The maximum atomic E-state index is 4.87. The van der Waals surface area contributed by atoms with Crippen molar-refractivity contribution in [1.29, 1.82) is 0 Å². The van der Waals surface area contributed by atoms with Crippen molar-refractivity contribution in [3.63, 3.8) is 0 Å². The van der Waals surface area contributed by atoms with Crippen LogP contribution in [0.15, 0.2) is 66.1 Å². The van der Waals surface area contributed by atoms with E-state index in [0.717, 1.165) is 22.1 Å². The van der Waals surface area contributed by atoms with Gasteiger partial charge in [-0.2, -0.15) is 0 Å². The molecule has 2 aromatic heterocycles. The molecule has 2 heterocycles. The number of para-hydroxylation sites is 1. The molecule has 0 atom stereocenters. The van der Waals surface area contributed by atoms with E-state index >= 15 is 0 Å². The molecule has 2 aromatic carbocycles. The lowest BCUT2D eigenvalue weighted by molar-refractivity contribution is 0.790. The Balaban J connectivity index is 1.83. The number of hydrogen-bond acceptors (Lipinski definition) is 3. The van der Waals surface area contributed by atoms with Crippen LogP contribution in [0.1, 0.15) is 5.69 Å². The van der Waals surface area contributed by atoms with Crippen LogP contribution in [0.4, 0.5) is 0 Å². The van der Waals surface area contributed by atoms with Crippen LogP contribution in [0.3, 0.4) is 0 Å². The van der Waals surface area contributed by atoms with Crippen molar-refractivity contribution in [3.05, 3.63) is 66.6 Å². The van der Waals surface area contributed by atoms with E-state index in [2.05, 4.69) is 47.4 Å². The van der Waals surface area contributed by atoms with Gasteiger partial charge in [-0.15, -0.1) is 0 Å². The monoisotopic (exact) mass is 305 g/mol. The quantitative estimate of drug-likeness (QED) is 0.415. The number of rotatable bonds is 3. The van der Waals surface area contributed by atoms with E-state index in [1.54, 1.807) is 11.8 Å². The zero-order chi connectivity index (χ0) is 14.9. The minimum atomic E-state index is 0.816. The van der Waals surface area contributed by atoms with E-state index in [1.807, 2.05) is 30.1 Å². The second kappa shape index (κ2) is 5.46. The number of imidazole rings is 1. The first-order chi connectivity index (χ1) is 10.8. The Labute approximate surface area is 133 Å². The summed E-state index contributed by atoms with van der Waals surface area (Å²) in [7, 11) is 2.02. The SMILES string of the molecule is Cn1ccnc1SCc1nc2ccccc2c2ccccc12. The van der Waals surface area contributed by atoms with Gasteiger partial charge in [0.05, 0.1) is 11.2 Å². The van der Waals surface area contributed by atoms with Crippen LogP contribution in [0.5, 0.6) is 0 Å². The number of benzene rings is 2. The normalized spacial score (nSPS) is 11.3. The highest BCUT2D eigenvalue weighted by molar-refractivity contribution is 7.98. The number of aryl methyl sites for hydroxylation is 1. The Hall–Kier alpha value is -2.33. The molecule has 0 fully saturated rings. The van der Waals surface area contributed by atoms with Crippen molar-refractivity contribution < 1.29 is 0 Å². The first kappa shape index (κ1) is 13.3. The summed E-state index contributed by atoms with van der Waals surface area (Å²) in [5, 5.41) is 4.72. The van der Waals surface area contributed by atoms with Gasteiger partial charge in [0.15, 0.2) is 5.16 Å². The molecule has 0 saturated carbocycles. The Kier molecular flexibility index (Phi) is 3.31. The molecule has 3 nitrogen and oxygen atoms in total. The summed E-state index contributed by atoms with van der Waals surface area (Å²) < 4.78 is 2.04. The molecule has 0 radical (unpaired) electrons. The van der Waals surface area contributed by atoms with Crippen molar-refractivity contribution in [2.45, 2.75) is 10.9 Å². The topological polar surface area (TPSA) is 30.7 Å². The van der Waals surface area contributed by atoms with Crippen LogP contribution in [0.2, 0.25) is 0 Å². The molecule has 0 bridgehead atoms. The minimum Gasteiger partial charge on any atom is -0.329 e. The molecule has 0 N–H and O–H groups in total. The van der Waals surface area contributed by atoms with Gasteiger partial charge in [-0.1, -0.05) is 54.2 Å². The molecule has 0 amide bonds. The fraction of sp³-hybridized carbons (Fsp3) is 0.111. The highest BCUT2D eigenvalue weighted by Crippen LogP contribution is 2.29. The van der Waals surface area contributed by atoms with Gasteiger partial charge in [0.2, 0.25) is 0 Å². The molecule has 4 heteroatoms. The van der Waals surface area contributed by atoms with Gasteiger partial charge >= 0.3 is 0 Å². The van der Waals surface area contributed by atoms with Crippen LogP contribution in [0, 0.1) is 0 Å².